The number of thiazole rings is 1. The monoisotopic (exact) mass is 448 g/mol. The van der Waals surface area contributed by atoms with Crippen molar-refractivity contribution in [2.45, 2.75) is 45.8 Å². The molecule has 0 saturated heterocycles. The van der Waals surface area contributed by atoms with Crippen LogP contribution in [0.4, 0.5) is 0 Å². The Balaban J connectivity index is 1.54. The average molecular weight is 449 g/mol. The lowest BCUT2D eigenvalue weighted by molar-refractivity contribution is -0.149. The molecule has 32 heavy (non-hydrogen) atoms. The molecule has 2 heterocycles. The molecule has 0 aliphatic rings. The first-order valence-corrected chi connectivity index (χ1v) is 11.8. The van der Waals surface area contributed by atoms with Gasteiger partial charge in [-0.05, 0) is 41.5 Å². The molecule has 6 heteroatoms. The fourth-order valence-electron chi connectivity index (χ4n) is 3.82. The van der Waals surface area contributed by atoms with Crippen LogP contribution in [0, 0.1) is 0 Å². The molecule has 2 aromatic heterocycles. The Kier molecular flexibility index (Phi) is 6.72. The number of nitrogens with zero attached hydrogens (tertiary/aromatic N) is 2. The van der Waals surface area contributed by atoms with E-state index in [-0.39, 0.29) is 0 Å². The number of rotatable bonds is 9. The minimum Gasteiger partial charge on any atom is -0.479 e. The highest BCUT2D eigenvalue weighted by molar-refractivity contribution is 7.13. The summed E-state index contributed by atoms with van der Waals surface area (Å²) in [5.74, 6) is -0.416. The van der Waals surface area contributed by atoms with Gasteiger partial charge in [-0.15, -0.1) is 11.3 Å². The number of hydrogen-bond acceptors (Lipinski definition) is 4. The number of benzene rings is 2. The zero-order chi connectivity index (χ0) is 22.7. The van der Waals surface area contributed by atoms with Gasteiger partial charge in [0.2, 0.25) is 0 Å². The smallest absolute Gasteiger partial charge is 0.333 e. The Morgan fingerprint density at radius 1 is 1.16 bits per heavy atom. The Bertz CT molecular complexity index is 1210. The first kappa shape index (κ1) is 22.2. The average Bonchev–Trinajstić information content (AvgIpc) is 3.41. The van der Waals surface area contributed by atoms with Crippen molar-refractivity contribution in [2.24, 2.45) is 0 Å². The maximum absolute atomic E-state index is 11.4. The summed E-state index contributed by atoms with van der Waals surface area (Å²) in [5, 5.41) is 13.6. The first-order chi connectivity index (χ1) is 15.4. The minimum absolute atomic E-state index is 0.345. The predicted octanol–water partition coefficient (Wildman–Crippen LogP) is 5.97. The van der Waals surface area contributed by atoms with Crippen molar-refractivity contribution in [1.29, 1.82) is 0 Å². The molecular weight excluding hydrogens is 420 g/mol. The molecule has 0 saturated carbocycles. The van der Waals surface area contributed by atoms with Gasteiger partial charge in [-0.1, -0.05) is 50.2 Å². The summed E-state index contributed by atoms with van der Waals surface area (Å²) in [6.07, 6.45) is 1.57. The van der Waals surface area contributed by atoms with Crippen LogP contribution in [0.1, 0.15) is 43.5 Å². The van der Waals surface area contributed by atoms with E-state index in [0.717, 1.165) is 32.7 Å². The van der Waals surface area contributed by atoms with Crippen molar-refractivity contribution in [3.63, 3.8) is 0 Å². The standard InChI is InChI=1S/C26H28N2O3S/c1-4-31-24(26(29)30)14-18-5-6-20-11-12-28(23(20)13-18)15-22-16-32-25(27-22)21-9-7-19(8-10-21)17(2)3/h5-13,16-17,24H,4,14-15H2,1-3H3,(H,29,30). The molecule has 0 bridgehead atoms. The van der Waals surface area contributed by atoms with E-state index in [0.29, 0.717) is 25.5 Å². The molecule has 166 valence electrons. The van der Waals surface area contributed by atoms with Crippen LogP contribution in [0.25, 0.3) is 21.5 Å². The van der Waals surface area contributed by atoms with E-state index in [1.165, 1.54) is 5.56 Å². The number of carboxylic acid groups (broad SMARTS) is 1. The lowest BCUT2D eigenvalue weighted by atomic mass is 10.0. The molecule has 0 radical (unpaired) electrons. The molecule has 0 spiro atoms. The summed E-state index contributed by atoms with van der Waals surface area (Å²) in [6.45, 7) is 7.25. The quantitative estimate of drug-likeness (QED) is 0.343. The van der Waals surface area contributed by atoms with Crippen molar-refractivity contribution in [2.75, 3.05) is 6.61 Å². The Morgan fingerprint density at radius 2 is 1.94 bits per heavy atom. The summed E-state index contributed by atoms with van der Waals surface area (Å²) in [7, 11) is 0. The van der Waals surface area contributed by atoms with Gasteiger partial charge in [-0.2, -0.15) is 0 Å². The Morgan fingerprint density at radius 3 is 2.62 bits per heavy atom. The molecule has 0 aliphatic heterocycles. The predicted molar refractivity (Wildman–Crippen MR) is 129 cm³/mol. The normalized spacial score (nSPS) is 12.5. The molecule has 2 aromatic carbocycles. The third-order valence-electron chi connectivity index (χ3n) is 5.61. The molecule has 0 amide bonds. The van der Waals surface area contributed by atoms with E-state index in [1.807, 2.05) is 19.1 Å². The highest BCUT2D eigenvalue weighted by Crippen LogP contribution is 2.27. The van der Waals surface area contributed by atoms with Gasteiger partial charge in [-0.3, -0.25) is 0 Å². The van der Waals surface area contributed by atoms with Crippen molar-refractivity contribution < 1.29 is 14.6 Å². The zero-order valence-electron chi connectivity index (χ0n) is 18.6. The second-order valence-corrected chi connectivity index (χ2v) is 9.10. The van der Waals surface area contributed by atoms with Crippen LogP contribution in [-0.4, -0.2) is 33.3 Å². The van der Waals surface area contributed by atoms with Gasteiger partial charge in [0.25, 0.3) is 0 Å². The highest BCUT2D eigenvalue weighted by Gasteiger charge is 2.18. The lowest BCUT2D eigenvalue weighted by Gasteiger charge is -2.13. The summed E-state index contributed by atoms with van der Waals surface area (Å²) < 4.78 is 7.54. The number of aliphatic carboxylic acids is 1. The molecular formula is C26H28N2O3S. The molecule has 1 atom stereocenters. The van der Waals surface area contributed by atoms with Gasteiger partial charge in [0.15, 0.2) is 6.10 Å². The first-order valence-electron chi connectivity index (χ1n) is 10.9. The Labute approximate surface area is 192 Å². The van der Waals surface area contributed by atoms with Crippen LogP contribution < -0.4 is 0 Å². The van der Waals surface area contributed by atoms with Gasteiger partial charge < -0.3 is 14.4 Å². The maximum atomic E-state index is 11.4. The van der Waals surface area contributed by atoms with E-state index in [4.69, 9.17) is 9.72 Å². The Hall–Kier alpha value is -2.96. The van der Waals surface area contributed by atoms with Crippen LogP contribution in [0.15, 0.2) is 60.1 Å². The summed E-state index contributed by atoms with van der Waals surface area (Å²) >= 11 is 1.66. The summed E-state index contributed by atoms with van der Waals surface area (Å²) in [5.41, 5.74) is 5.50. The molecule has 4 aromatic rings. The fourth-order valence-corrected chi connectivity index (χ4v) is 4.64. The van der Waals surface area contributed by atoms with E-state index in [9.17, 15) is 9.90 Å². The molecule has 1 unspecified atom stereocenters. The SMILES string of the molecule is CCOC(Cc1ccc2ccn(Cc3csc(-c4ccc(C(C)C)cc4)n3)c2c1)C(=O)O. The van der Waals surface area contributed by atoms with Crippen LogP contribution in [0.5, 0.6) is 0 Å². The second kappa shape index (κ2) is 9.67. The molecule has 4 rings (SSSR count). The number of ether oxygens (including phenoxy) is 1. The number of aromatic nitrogens is 2. The maximum Gasteiger partial charge on any atom is 0.333 e. The van der Waals surface area contributed by atoms with Gasteiger partial charge in [-0.25, -0.2) is 9.78 Å². The number of carbonyl (C=O) groups is 1. The largest absolute Gasteiger partial charge is 0.479 e. The second-order valence-electron chi connectivity index (χ2n) is 8.24. The van der Waals surface area contributed by atoms with Gasteiger partial charge >= 0.3 is 5.97 Å². The summed E-state index contributed by atoms with van der Waals surface area (Å²) in [6, 6.07) is 16.8. The van der Waals surface area contributed by atoms with Crippen LogP contribution in [0.2, 0.25) is 0 Å². The topological polar surface area (TPSA) is 64.4 Å². The van der Waals surface area contributed by atoms with Crippen LogP contribution in [-0.2, 0) is 22.5 Å². The molecule has 0 aliphatic carbocycles. The summed E-state index contributed by atoms with van der Waals surface area (Å²) in [4.78, 5) is 16.3. The van der Waals surface area contributed by atoms with E-state index in [2.05, 4.69) is 66.4 Å². The third-order valence-corrected chi connectivity index (χ3v) is 6.55. The lowest BCUT2D eigenvalue weighted by Crippen LogP contribution is -2.26. The van der Waals surface area contributed by atoms with Crippen LogP contribution >= 0.6 is 11.3 Å². The third kappa shape index (κ3) is 4.92. The van der Waals surface area contributed by atoms with Gasteiger partial charge in [0, 0.05) is 35.7 Å². The van der Waals surface area contributed by atoms with E-state index >= 15 is 0 Å². The van der Waals surface area contributed by atoms with Crippen molar-refractivity contribution in [3.8, 4) is 10.6 Å². The van der Waals surface area contributed by atoms with Gasteiger partial charge in [0.1, 0.15) is 5.01 Å². The van der Waals surface area contributed by atoms with Crippen LogP contribution in [0.3, 0.4) is 0 Å². The number of carboxylic acids is 1. The van der Waals surface area contributed by atoms with Crippen molar-refractivity contribution >= 4 is 28.2 Å². The fraction of sp³-hybridized carbons (Fsp3) is 0.308. The van der Waals surface area contributed by atoms with Gasteiger partial charge in [0.05, 0.1) is 12.2 Å². The minimum atomic E-state index is -0.932. The molecule has 1 N–H and O–H groups in total. The number of hydrogen-bond donors (Lipinski definition) is 1. The van der Waals surface area contributed by atoms with E-state index < -0.39 is 12.1 Å². The number of fused-ring (bicyclic) bond motifs is 1. The molecule has 0 fully saturated rings. The zero-order valence-corrected chi connectivity index (χ0v) is 19.4. The van der Waals surface area contributed by atoms with Crippen molar-refractivity contribution in [3.05, 3.63) is 76.9 Å². The van der Waals surface area contributed by atoms with E-state index in [1.54, 1.807) is 11.3 Å². The van der Waals surface area contributed by atoms with Crippen molar-refractivity contribution in [1.82, 2.24) is 9.55 Å². The molecule has 5 nitrogen and oxygen atoms in total. The highest BCUT2D eigenvalue weighted by atomic mass is 32.1.